The first-order valence-electron chi connectivity index (χ1n) is 6.41. The van der Waals surface area contributed by atoms with E-state index in [4.69, 9.17) is 0 Å². The van der Waals surface area contributed by atoms with Crippen LogP contribution in [0.2, 0.25) is 0 Å². The Kier molecular flexibility index (Phi) is 3.41. The average molecular weight is 244 g/mol. The number of nitrogens with one attached hydrogen (secondary N) is 2. The fourth-order valence-electron chi connectivity index (χ4n) is 2.03. The van der Waals surface area contributed by atoms with Gasteiger partial charge in [0.25, 0.3) is 5.91 Å². The summed E-state index contributed by atoms with van der Waals surface area (Å²) in [4.78, 5) is 15.2. The van der Waals surface area contributed by atoms with Gasteiger partial charge in [-0.15, -0.1) is 0 Å². The van der Waals surface area contributed by atoms with Gasteiger partial charge in [-0.25, -0.2) is 0 Å². The van der Waals surface area contributed by atoms with Crippen molar-refractivity contribution in [3.05, 3.63) is 35.5 Å². The maximum absolute atomic E-state index is 12.1. The highest BCUT2D eigenvalue weighted by Crippen LogP contribution is 2.23. The summed E-state index contributed by atoms with van der Waals surface area (Å²) in [7, 11) is 0. The number of carbonyl (C=O) groups excluding carboxylic acids is 1. The number of hydrogen-bond donors (Lipinski definition) is 2. The van der Waals surface area contributed by atoms with E-state index in [9.17, 15) is 4.79 Å². The van der Waals surface area contributed by atoms with E-state index in [1.54, 1.807) is 6.20 Å². The molecule has 1 aromatic carbocycles. The monoisotopic (exact) mass is 244 g/mol. The lowest BCUT2D eigenvalue weighted by Gasteiger charge is -2.08. The molecule has 0 aliphatic heterocycles. The van der Waals surface area contributed by atoms with Crippen molar-refractivity contribution in [2.75, 3.05) is 0 Å². The second-order valence-corrected chi connectivity index (χ2v) is 5.29. The van der Waals surface area contributed by atoms with Crippen molar-refractivity contribution in [2.24, 2.45) is 0 Å². The normalized spacial score (nSPS) is 11.4. The number of hydrogen-bond acceptors (Lipinski definition) is 1. The number of H-pyrrole nitrogens is 1. The van der Waals surface area contributed by atoms with Gasteiger partial charge < -0.3 is 10.3 Å². The second-order valence-electron chi connectivity index (χ2n) is 5.29. The summed E-state index contributed by atoms with van der Waals surface area (Å²) in [6.07, 6.45) is 1.78. The van der Waals surface area contributed by atoms with Crippen LogP contribution in [0, 0.1) is 0 Å². The van der Waals surface area contributed by atoms with E-state index in [-0.39, 0.29) is 11.9 Å². The van der Waals surface area contributed by atoms with Gasteiger partial charge >= 0.3 is 0 Å². The Morgan fingerprint density at radius 1 is 1.22 bits per heavy atom. The number of carbonyl (C=O) groups is 1. The van der Waals surface area contributed by atoms with E-state index in [1.807, 2.05) is 19.9 Å². The third kappa shape index (κ3) is 2.40. The first-order chi connectivity index (χ1) is 8.49. The van der Waals surface area contributed by atoms with Crippen LogP contribution >= 0.6 is 0 Å². The zero-order valence-electron chi connectivity index (χ0n) is 11.4. The van der Waals surface area contributed by atoms with Gasteiger partial charge in [-0.2, -0.15) is 0 Å². The number of rotatable bonds is 3. The van der Waals surface area contributed by atoms with Crippen molar-refractivity contribution in [3.63, 3.8) is 0 Å². The SMILES string of the molecule is CC(C)NC(=O)c1c[nH]c2ccc(C(C)C)cc12. The van der Waals surface area contributed by atoms with Crippen molar-refractivity contribution >= 4 is 16.8 Å². The molecule has 1 heterocycles. The minimum atomic E-state index is -0.0165. The third-order valence-corrected chi connectivity index (χ3v) is 3.04. The van der Waals surface area contributed by atoms with Gasteiger partial charge in [0.15, 0.2) is 0 Å². The maximum Gasteiger partial charge on any atom is 0.253 e. The summed E-state index contributed by atoms with van der Waals surface area (Å²) in [5.74, 6) is 0.447. The van der Waals surface area contributed by atoms with Gasteiger partial charge in [-0.3, -0.25) is 4.79 Å². The zero-order chi connectivity index (χ0) is 13.3. The Morgan fingerprint density at radius 2 is 1.94 bits per heavy atom. The molecule has 2 rings (SSSR count). The highest BCUT2D eigenvalue weighted by Gasteiger charge is 2.13. The number of fused-ring (bicyclic) bond motifs is 1. The molecule has 0 fully saturated rings. The highest BCUT2D eigenvalue weighted by molar-refractivity contribution is 6.06. The summed E-state index contributed by atoms with van der Waals surface area (Å²) < 4.78 is 0. The first kappa shape index (κ1) is 12.7. The number of aromatic nitrogens is 1. The summed E-state index contributed by atoms with van der Waals surface area (Å²) in [5.41, 5.74) is 2.98. The van der Waals surface area contributed by atoms with E-state index in [2.05, 4.69) is 36.3 Å². The molecular formula is C15H20N2O. The molecule has 0 aliphatic carbocycles. The molecule has 0 atom stereocenters. The molecule has 3 nitrogen and oxygen atoms in total. The summed E-state index contributed by atoms with van der Waals surface area (Å²) in [6.45, 7) is 8.24. The second kappa shape index (κ2) is 4.84. The van der Waals surface area contributed by atoms with Crippen molar-refractivity contribution in [1.82, 2.24) is 10.3 Å². The van der Waals surface area contributed by atoms with Gasteiger partial charge in [-0.1, -0.05) is 19.9 Å². The molecule has 2 N–H and O–H groups in total. The van der Waals surface area contributed by atoms with Gasteiger partial charge in [0.1, 0.15) is 0 Å². The molecule has 1 aromatic heterocycles. The molecule has 0 saturated carbocycles. The lowest BCUT2D eigenvalue weighted by atomic mass is 10.0. The van der Waals surface area contributed by atoms with Crippen molar-refractivity contribution < 1.29 is 4.79 Å². The fourth-order valence-corrected chi connectivity index (χ4v) is 2.03. The number of benzene rings is 1. The average Bonchev–Trinajstić information content (AvgIpc) is 2.70. The van der Waals surface area contributed by atoms with Crippen LogP contribution in [0.3, 0.4) is 0 Å². The smallest absolute Gasteiger partial charge is 0.253 e. The van der Waals surface area contributed by atoms with Crippen LogP contribution in [0.1, 0.15) is 49.5 Å². The van der Waals surface area contributed by atoms with Crippen LogP contribution in [0.25, 0.3) is 10.9 Å². The third-order valence-electron chi connectivity index (χ3n) is 3.04. The zero-order valence-corrected chi connectivity index (χ0v) is 11.4. The molecule has 3 heteroatoms. The first-order valence-corrected chi connectivity index (χ1v) is 6.41. The Morgan fingerprint density at radius 3 is 2.56 bits per heavy atom. The van der Waals surface area contributed by atoms with Gasteiger partial charge in [0, 0.05) is 23.1 Å². The fraction of sp³-hybridized carbons (Fsp3) is 0.400. The Hall–Kier alpha value is -1.77. The summed E-state index contributed by atoms with van der Waals surface area (Å²) in [6, 6.07) is 6.40. The number of amides is 1. The van der Waals surface area contributed by atoms with Crippen LogP contribution < -0.4 is 5.32 Å². The Labute approximate surface area is 108 Å². The van der Waals surface area contributed by atoms with Gasteiger partial charge in [0.2, 0.25) is 0 Å². The molecule has 0 spiro atoms. The van der Waals surface area contributed by atoms with E-state index < -0.39 is 0 Å². The molecule has 1 amide bonds. The van der Waals surface area contributed by atoms with Crippen LogP contribution in [0.4, 0.5) is 0 Å². The molecule has 0 saturated heterocycles. The number of aromatic amines is 1. The molecule has 0 aliphatic rings. The van der Waals surface area contributed by atoms with Crippen LogP contribution in [-0.4, -0.2) is 16.9 Å². The molecule has 96 valence electrons. The standard InChI is InChI=1S/C15H20N2O/c1-9(2)11-5-6-14-12(7-11)13(8-16-14)15(18)17-10(3)4/h5-10,16H,1-4H3,(H,17,18). The largest absolute Gasteiger partial charge is 0.360 e. The van der Waals surface area contributed by atoms with Gasteiger partial charge in [0.05, 0.1) is 5.56 Å². The predicted molar refractivity (Wildman–Crippen MR) is 75.0 cm³/mol. The lowest BCUT2D eigenvalue weighted by molar-refractivity contribution is 0.0945. The minimum absolute atomic E-state index is 0.0165. The van der Waals surface area contributed by atoms with Crippen molar-refractivity contribution in [2.45, 2.75) is 39.7 Å². The van der Waals surface area contributed by atoms with Gasteiger partial charge in [-0.05, 0) is 37.5 Å². The summed E-state index contributed by atoms with van der Waals surface area (Å²) in [5, 5.41) is 3.93. The van der Waals surface area contributed by atoms with E-state index in [0.717, 1.165) is 16.5 Å². The van der Waals surface area contributed by atoms with Crippen molar-refractivity contribution in [3.8, 4) is 0 Å². The lowest BCUT2D eigenvalue weighted by Crippen LogP contribution is -2.29. The van der Waals surface area contributed by atoms with Crippen LogP contribution in [-0.2, 0) is 0 Å². The molecule has 0 radical (unpaired) electrons. The summed E-state index contributed by atoms with van der Waals surface area (Å²) >= 11 is 0. The molecule has 18 heavy (non-hydrogen) atoms. The van der Waals surface area contributed by atoms with E-state index >= 15 is 0 Å². The van der Waals surface area contributed by atoms with E-state index in [0.29, 0.717) is 5.92 Å². The van der Waals surface area contributed by atoms with Crippen LogP contribution in [0.15, 0.2) is 24.4 Å². The molecule has 0 unspecified atom stereocenters. The van der Waals surface area contributed by atoms with E-state index in [1.165, 1.54) is 5.56 Å². The van der Waals surface area contributed by atoms with Crippen LogP contribution in [0.5, 0.6) is 0 Å². The quantitative estimate of drug-likeness (QED) is 0.853. The maximum atomic E-state index is 12.1. The molecule has 2 aromatic rings. The minimum Gasteiger partial charge on any atom is -0.360 e. The topological polar surface area (TPSA) is 44.9 Å². The molecular weight excluding hydrogens is 224 g/mol. The Balaban J connectivity index is 2.45. The highest BCUT2D eigenvalue weighted by atomic mass is 16.1. The predicted octanol–water partition coefficient (Wildman–Crippen LogP) is 3.43. The van der Waals surface area contributed by atoms with Crippen molar-refractivity contribution in [1.29, 1.82) is 0 Å². The molecule has 0 bridgehead atoms. The Bertz CT molecular complexity index is 567.